The molecule has 0 saturated heterocycles. The fraction of sp³-hybridized carbons (Fsp3) is 0.0435. The molecule has 2 N–H and O–H groups in total. The molecule has 0 aromatic heterocycles. The van der Waals surface area contributed by atoms with Crippen molar-refractivity contribution in [3.8, 4) is 5.75 Å². The van der Waals surface area contributed by atoms with Crippen molar-refractivity contribution in [1.29, 1.82) is 0 Å². The SMILES string of the molecule is Cc1ccc(NC(=O)C(=O)N/N=C\c2ccc(OC(=O)c3ccc(Cl)cc3Cl)cc2)cc1Cl. The number of nitrogens with one attached hydrogen (secondary N) is 2. The van der Waals surface area contributed by atoms with Crippen molar-refractivity contribution in [3.05, 3.63) is 92.4 Å². The third-order valence-electron chi connectivity index (χ3n) is 4.26. The van der Waals surface area contributed by atoms with Gasteiger partial charge in [-0.05, 0) is 72.6 Å². The maximum absolute atomic E-state index is 12.2. The summed E-state index contributed by atoms with van der Waals surface area (Å²) >= 11 is 17.8. The van der Waals surface area contributed by atoms with Crippen LogP contribution in [-0.2, 0) is 9.59 Å². The highest BCUT2D eigenvalue weighted by Gasteiger charge is 2.14. The number of anilines is 1. The van der Waals surface area contributed by atoms with Gasteiger partial charge in [0.25, 0.3) is 0 Å². The molecule has 0 aliphatic rings. The summed E-state index contributed by atoms with van der Waals surface area (Å²) in [5, 5.41) is 7.23. The van der Waals surface area contributed by atoms with Crippen LogP contribution in [0.15, 0.2) is 65.8 Å². The molecule has 0 saturated carbocycles. The topological polar surface area (TPSA) is 96.9 Å². The molecule has 0 radical (unpaired) electrons. The van der Waals surface area contributed by atoms with Gasteiger partial charge in [0, 0.05) is 15.7 Å². The minimum atomic E-state index is -0.951. The molecule has 7 nitrogen and oxygen atoms in total. The average molecular weight is 505 g/mol. The molecule has 0 aliphatic heterocycles. The summed E-state index contributed by atoms with van der Waals surface area (Å²) in [6, 6.07) is 15.6. The number of nitrogens with zero attached hydrogens (tertiary/aromatic N) is 1. The molecule has 0 unspecified atom stereocenters. The highest BCUT2D eigenvalue weighted by molar-refractivity contribution is 6.40. The van der Waals surface area contributed by atoms with Crippen LogP contribution in [0.2, 0.25) is 15.1 Å². The van der Waals surface area contributed by atoms with Gasteiger partial charge in [0.1, 0.15) is 5.75 Å². The zero-order chi connectivity index (χ0) is 24.0. The Morgan fingerprint density at radius 2 is 1.61 bits per heavy atom. The summed E-state index contributed by atoms with van der Waals surface area (Å²) in [7, 11) is 0. The number of rotatable bonds is 5. The molecule has 2 amide bonds. The van der Waals surface area contributed by atoms with E-state index in [0.29, 0.717) is 21.3 Å². The van der Waals surface area contributed by atoms with Crippen molar-refractivity contribution in [2.75, 3.05) is 5.32 Å². The fourth-order valence-electron chi connectivity index (χ4n) is 2.51. The lowest BCUT2D eigenvalue weighted by Gasteiger charge is -2.06. The number of ether oxygens (including phenoxy) is 1. The Labute approximate surface area is 204 Å². The zero-order valence-electron chi connectivity index (χ0n) is 17.1. The minimum Gasteiger partial charge on any atom is -0.423 e. The number of hydrogen-bond acceptors (Lipinski definition) is 5. The molecule has 0 fully saturated rings. The predicted octanol–water partition coefficient (Wildman–Crippen LogP) is 5.26. The Bertz CT molecular complexity index is 1240. The monoisotopic (exact) mass is 503 g/mol. The lowest BCUT2D eigenvalue weighted by molar-refractivity contribution is -0.136. The molecule has 33 heavy (non-hydrogen) atoms. The molecular formula is C23H16Cl3N3O4. The standard InChI is InChI=1S/C23H16Cl3N3O4/c1-13-2-6-16(11-19(13)25)28-21(30)22(31)29-27-12-14-3-7-17(8-4-14)33-23(32)18-9-5-15(24)10-20(18)26/h2-12H,1H3,(H,28,30)(H,29,31)/b27-12-. The highest BCUT2D eigenvalue weighted by atomic mass is 35.5. The van der Waals surface area contributed by atoms with Gasteiger partial charge >= 0.3 is 17.8 Å². The van der Waals surface area contributed by atoms with E-state index in [1.54, 1.807) is 42.5 Å². The molecule has 3 aromatic carbocycles. The second-order valence-corrected chi connectivity index (χ2v) is 7.95. The van der Waals surface area contributed by atoms with Gasteiger partial charge in [0.2, 0.25) is 0 Å². The highest BCUT2D eigenvalue weighted by Crippen LogP contribution is 2.23. The molecule has 0 atom stereocenters. The zero-order valence-corrected chi connectivity index (χ0v) is 19.3. The van der Waals surface area contributed by atoms with Crippen LogP contribution >= 0.6 is 34.8 Å². The summed E-state index contributed by atoms with van der Waals surface area (Å²) in [6.07, 6.45) is 1.33. The molecular weight excluding hydrogens is 489 g/mol. The number of hydrogen-bond donors (Lipinski definition) is 2. The summed E-state index contributed by atoms with van der Waals surface area (Å²) < 4.78 is 5.28. The van der Waals surface area contributed by atoms with E-state index < -0.39 is 17.8 Å². The van der Waals surface area contributed by atoms with Crippen molar-refractivity contribution >= 4 is 64.5 Å². The van der Waals surface area contributed by atoms with Crippen molar-refractivity contribution in [1.82, 2.24) is 5.43 Å². The van der Waals surface area contributed by atoms with Crippen LogP contribution in [0.4, 0.5) is 5.69 Å². The van der Waals surface area contributed by atoms with Gasteiger partial charge in [-0.15, -0.1) is 0 Å². The van der Waals surface area contributed by atoms with Crippen molar-refractivity contribution in [2.24, 2.45) is 5.10 Å². The van der Waals surface area contributed by atoms with E-state index in [-0.39, 0.29) is 16.3 Å². The molecule has 0 aliphatic carbocycles. The number of hydrazone groups is 1. The van der Waals surface area contributed by atoms with Crippen LogP contribution in [-0.4, -0.2) is 24.0 Å². The largest absolute Gasteiger partial charge is 0.423 e. The number of benzene rings is 3. The number of esters is 1. The van der Waals surface area contributed by atoms with Crippen LogP contribution in [0.1, 0.15) is 21.5 Å². The number of carbonyl (C=O) groups excluding carboxylic acids is 3. The summed E-state index contributed by atoms with van der Waals surface area (Å²) in [6.45, 7) is 1.82. The molecule has 168 valence electrons. The quantitative estimate of drug-likeness (QED) is 0.163. The van der Waals surface area contributed by atoms with E-state index >= 15 is 0 Å². The van der Waals surface area contributed by atoms with Crippen LogP contribution < -0.4 is 15.5 Å². The predicted molar refractivity (Wildman–Crippen MR) is 128 cm³/mol. The molecule has 0 heterocycles. The molecule has 10 heteroatoms. The van der Waals surface area contributed by atoms with E-state index in [0.717, 1.165) is 5.56 Å². The van der Waals surface area contributed by atoms with Crippen LogP contribution in [0.25, 0.3) is 0 Å². The first-order chi connectivity index (χ1) is 15.7. The molecule has 0 spiro atoms. The fourth-order valence-corrected chi connectivity index (χ4v) is 3.18. The summed E-state index contributed by atoms with van der Waals surface area (Å²) in [4.78, 5) is 36.1. The van der Waals surface area contributed by atoms with Crippen LogP contribution in [0, 0.1) is 6.92 Å². The van der Waals surface area contributed by atoms with E-state index in [9.17, 15) is 14.4 Å². The van der Waals surface area contributed by atoms with Gasteiger partial charge in [0.15, 0.2) is 0 Å². The van der Waals surface area contributed by atoms with Gasteiger partial charge in [-0.25, -0.2) is 10.2 Å². The van der Waals surface area contributed by atoms with Crippen molar-refractivity contribution in [3.63, 3.8) is 0 Å². The lowest BCUT2D eigenvalue weighted by Crippen LogP contribution is -2.32. The molecule has 0 bridgehead atoms. The Hall–Kier alpha value is -3.39. The number of carbonyl (C=O) groups is 3. The van der Waals surface area contributed by atoms with E-state index in [1.165, 1.54) is 24.4 Å². The van der Waals surface area contributed by atoms with Crippen LogP contribution in [0.5, 0.6) is 5.75 Å². The van der Waals surface area contributed by atoms with Crippen molar-refractivity contribution < 1.29 is 19.1 Å². The van der Waals surface area contributed by atoms with Crippen molar-refractivity contribution in [2.45, 2.75) is 6.92 Å². The first-order valence-corrected chi connectivity index (χ1v) is 10.5. The Morgan fingerprint density at radius 3 is 2.27 bits per heavy atom. The minimum absolute atomic E-state index is 0.181. The number of aryl methyl sites for hydroxylation is 1. The van der Waals surface area contributed by atoms with E-state index in [1.807, 2.05) is 6.92 Å². The van der Waals surface area contributed by atoms with Gasteiger partial charge in [-0.2, -0.15) is 5.10 Å². The Kier molecular flexibility index (Phi) is 8.06. The average Bonchev–Trinajstić information content (AvgIpc) is 2.77. The van der Waals surface area contributed by atoms with E-state index in [2.05, 4.69) is 15.8 Å². The maximum Gasteiger partial charge on any atom is 0.345 e. The second-order valence-electron chi connectivity index (χ2n) is 6.70. The molecule has 3 rings (SSSR count). The summed E-state index contributed by atoms with van der Waals surface area (Å²) in [5.41, 5.74) is 4.13. The lowest BCUT2D eigenvalue weighted by atomic mass is 10.2. The van der Waals surface area contributed by atoms with Crippen LogP contribution in [0.3, 0.4) is 0 Å². The maximum atomic E-state index is 12.2. The third-order valence-corrected chi connectivity index (χ3v) is 5.21. The van der Waals surface area contributed by atoms with Gasteiger partial charge in [-0.1, -0.05) is 40.9 Å². The first kappa shape index (κ1) is 24.3. The normalized spacial score (nSPS) is 10.7. The number of halogens is 3. The Morgan fingerprint density at radius 1 is 0.879 bits per heavy atom. The number of amides is 2. The van der Waals surface area contributed by atoms with Gasteiger partial charge in [0.05, 0.1) is 16.8 Å². The van der Waals surface area contributed by atoms with Gasteiger partial charge in [-0.3, -0.25) is 9.59 Å². The van der Waals surface area contributed by atoms with E-state index in [4.69, 9.17) is 39.5 Å². The van der Waals surface area contributed by atoms with Gasteiger partial charge < -0.3 is 10.1 Å². The first-order valence-electron chi connectivity index (χ1n) is 9.41. The Balaban J connectivity index is 1.53. The summed E-state index contributed by atoms with van der Waals surface area (Å²) in [5.74, 6) is -2.20. The smallest absolute Gasteiger partial charge is 0.345 e. The third kappa shape index (κ3) is 6.79. The molecule has 3 aromatic rings. The second kappa shape index (κ2) is 11.0.